The number of hydrogen-bond donors (Lipinski definition) is 1. The van der Waals surface area contributed by atoms with Crippen molar-refractivity contribution in [2.45, 2.75) is 45.3 Å². The Kier molecular flexibility index (Phi) is 2.16. The van der Waals surface area contributed by atoms with Gasteiger partial charge >= 0.3 is 0 Å². The van der Waals surface area contributed by atoms with E-state index in [1.54, 1.807) is 0 Å². The van der Waals surface area contributed by atoms with E-state index in [0.29, 0.717) is 11.8 Å². The zero-order chi connectivity index (χ0) is 9.64. The van der Waals surface area contributed by atoms with Gasteiger partial charge in [0.1, 0.15) is 0 Å². The maximum absolute atomic E-state index is 9.87. The van der Waals surface area contributed by atoms with Gasteiger partial charge in [-0.05, 0) is 45.4 Å². The number of nitrogens with zero attached hydrogens (tertiary/aromatic N) is 1. The molecule has 0 radical (unpaired) electrons. The van der Waals surface area contributed by atoms with E-state index < -0.39 is 0 Å². The summed E-state index contributed by atoms with van der Waals surface area (Å²) in [7, 11) is 0. The summed E-state index contributed by atoms with van der Waals surface area (Å²) in [5, 5.41) is 9.87. The monoisotopic (exact) mass is 183 g/mol. The van der Waals surface area contributed by atoms with E-state index in [0.717, 1.165) is 13.1 Å². The summed E-state index contributed by atoms with van der Waals surface area (Å²) in [4.78, 5) is 2.53. The van der Waals surface area contributed by atoms with Crippen molar-refractivity contribution in [1.29, 1.82) is 0 Å². The van der Waals surface area contributed by atoms with Crippen LogP contribution in [-0.2, 0) is 0 Å². The summed E-state index contributed by atoms with van der Waals surface area (Å²) in [6.07, 6.45) is 2.47. The molecule has 1 saturated heterocycles. The van der Waals surface area contributed by atoms with Gasteiger partial charge in [0, 0.05) is 18.6 Å². The average Bonchev–Trinajstić information content (AvgIpc) is 2.29. The van der Waals surface area contributed by atoms with Crippen LogP contribution in [0.1, 0.15) is 33.6 Å². The fraction of sp³-hybridized carbons (Fsp3) is 1.00. The Morgan fingerprint density at radius 1 is 1.08 bits per heavy atom. The summed E-state index contributed by atoms with van der Waals surface area (Å²) in [5.41, 5.74) is 0.279. The number of aliphatic hydroxyl groups is 1. The molecule has 0 aromatic carbocycles. The fourth-order valence-electron chi connectivity index (χ4n) is 2.74. The van der Waals surface area contributed by atoms with Gasteiger partial charge in [0.2, 0.25) is 0 Å². The lowest BCUT2D eigenvalue weighted by Crippen LogP contribution is -2.52. The number of piperidine rings is 1. The van der Waals surface area contributed by atoms with Gasteiger partial charge in [-0.15, -0.1) is 0 Å². The van der Waals surface area contributed by atoms with Gasteiger partial charge in [-0.3, -0.25) is 4.90 Å². The number of rotatable bonds is 0. The molecule has 2 atom stereocenters. The number of likely N-dealkylation sites (tertiary alicyclic amines) is 1. The van der Waals surface area contributed by atoms with Crippen LogP contribution in [-0.4, -0.2) is 34.7 Å². The first-order valence-corrected chi connectivity index (χ1v) is 5.41. The first-order chi connectivity index (χ1) is 5.98. The number of aliphatic hydroxyl groups excluding tert-OH is 1. The summed E-state index contributed by atoms with van der Waals surface area (Å²) in [5.74, 6) is 1.11. The van der Waals surface area contributed by atoms with E-state index >= 15 is 0 Å². The van der Waals surface area contributed by atoms with Gasteiger partial charge in [-0.1, -0.05) is 0 Å². The molecule has 2 aliphatic rings. The van der Waals surface area contributed by atoms with Crippen molar-refractivity contribution in [2.24, 2.45) is 11.8 Å². The summed E-state index contributed by atoms with van der Waals surface area (Å²) < 4.78 is 0. The van der Waals surface area contributed by atoms with Crippen LogP contribution in [0.4, 0.5) is 0 Å². The van der Waals surface area contributed by atoms with Crippen molar-refractivity contribution >= 4 is 0 Å². The zero-order valence-corrected chi connectivity index (χ0v) is 8.95. The van der Waals surface area contributed by atoms with Crippen LogP contribution in [0, 0.1) is 11.8 Å². The van der Waals surface area contributed by atoms with E-state index in [9.17, 15) is 5.11 Å². The SMILES string of the molecule is CC(C)(C)N1CC2CCC(C1)C2O. The Balaban J connectivity index is 2.07. The van der Waals surface area contributed by atoms with Crippen LogP contribution in [0.25, 0.3) is 0 Å². The maximum atomic E-state index is 9.87. The molecule has 1 aliphatic carbocycles. The van der Waals surface area contributed by atoms with E-state index in [-0.39, 0.29) is 11.6 Å². The summed E-state index contributed by atoms with van der Waals surface area (Å²) >= 11 is 0. The second kappa shape index (κ2) is 2.96. The molecule has 2 bridgehead atoms. The molecular weight excluding hydrogens is 162 g/mol. The van der Waals surface area contributed by atoms with Crippen LogP contribution in [0.5, 0.6) is 0 Å². The van der Waals surface area contributed by atoms with Gasteiger partial charge < -0.3 is 5.11 Å². The topological polar surface area (TPSA) is 23.5 Å². The van der Waals surface area contributed by atoms with E-state index in [4.69, 9.17) is 0 Å². The van der Waals surface area contributed by atoms with Crippen molar-refractivity contribution in [2.75, 3.05) is 13.1 Å². The van der Waals surface area contributed by atoms with Gasteiger partial charge in [0.25, 0.3) is 0 Å². The minimum atomic E-state index is -0.00130. The largest absolute Gasteiger partial charge is 0.392 e. The van der Waals surface area contributed by atoms with Crippen molar-refractivity contribution in [3.05, 3.63) is 0 Å². The Morgan fingerprint density at radius 3 is 1.92 bits per heavy atom. The molecular formula is C11H21NO. The molecule has 1 aliphatic heterocycles. The van der Waals surface area contributed by atoms with Crippen LogP contribution in [0.2, 0.25) is 0 Å². The Morgan fingerprint density at radius 2 is 1.54 bits per heavy atom. The molecule has 1 N–H and O–H groups in total. The molecule has 2 nitrogen and oxygen atoms in total. The Hall–Kier alpha value is -0.0800. The predicted molar refractivity (Wildman–Crippen MR) is 53.5 cm³/mol. The van der Waals surface area contributed by atoms with Crippen LogP contribution in [0.3, 0.4) is 0 Å². The number of fused-ring (bicyclic) bond motifs is 2. The van der Waals surface area contributed by atoms with E-state index in [2.05, 4.69) is 25.7 Å². The second-order valence-electron chi connectivity index (χ2n) is 5.66. The van der Waals surface area contributed by atoms with E-state index in [1.165, 1.54) is 12.8 Å². The highest BCUT2D eigenvalue weighted by Gasteiger charge is 2.43. The van der Waals surface area contributed by atoms with Gasteiger partial charge in [-0.2, -0.15) is 0 Å². The molecule has 1 saturated carbocycles. The fourth-order valence-corrected chi connectivity index (χ4v) is 2.74. The van der Waals surface area contributed by atoms with Crippen LogP contribution in [0.15, 0.2) is 0 Å². The Labute approximate surface area is 80.9 Å². The maximum Gasteiger partial charge on any atom is 0.0620 e. The highest BCUT2D eigenvalue weighted by molar-refractivity contribution is 4.95. The molecule has 1 heterocycles. The van der Waals surface area contributed by atoms with Gasteiger partial charge in [0.05, 0.1) is 6.10 Å². The molecule has 2 heteroatoms. The molecule has 0 amide bonds. The first kappa shape index (κ1) is 9.47. The molecule has 76 valence electrons. The molecule has 2 rings (SSSR count). The van der Waals surface area contributed by atoms with Crippen LogP contribution < -0.4 is 0 Å². The van der Waals surface area contributed by atoms with Crippen LogP contribution >= 0.6 is 0 Å². The van der Waals surface area contributed by atoms with Crippen molar-refractivity contribution in [3.8, 4) is 0 Å². The third-order valence-corrected chi connectivity index (χ3v) is 3.73. The third kappa shape index (κ3) is 1.62. The summed E-state index contributed by atoms with van der Waals surface area (Å²) in [6, 6.07) is 0. The molecule has 0 aromatic rings. The zero-order valence-electron chi connectivity index (χ0n) is 8.95. The van der Waals surface area contributed by atoms with Gasteiger partial charge in [-0.25, -0.2) is 0 Å². The smallest absolute Gasteiger partial charge is 0.0620 e. The predicted octanol–water partition coefficient (Wildman–Crippen LogP) is 1.49. The van der Waals surface area contributed by atoms with E-state index in [1.807, 2.05) is 0 Å². The van der Waals surface area contributed by atoms with Crippen molar-refractivity contribution < 1.29 is 5.11 Å². The Bertz CT molecular complexity index is 183. The average molecular weight is 183 g/mol. The molecule has 0 spiro atoms. The van der Waals surface area contributed by atoms with Gasteiger partial charge in [0.15, 0.2) is 0 Å². The lowest BCUT2D eigenvalue weighted by Gasteiger charge is -2.43. The number of hydrogen-bond acceptors (Lipinski definition) is 2. The van der Waals surface area contributed by atoms with Crippen molar-refractivity contribution in [1.82, 2.24) is 4.90 Å². The highest BCUT2D eigenvalue weighted by atomic mass is 16.3. The minimum absolute atomic E-state index is 0.00130. The second-order valence-corrected chi connectivity index (χ2v) is 5.66. The normalized spacial score (nSPS) is 41.1. The highest BCUT2D eigenvalue weighted by Crippen LogP contribution is 2.38. The molecule has 2 fully saturated rings. The first-order valence-electron chi connectivity index (χ1n) is 5.41. The lowest BCUT2D eigenvalue weighted by atomic mass is 9.91. The minimum Gasteiger partial charge on any atom is -0.392 e. The lowest BCUT2D eigenvalue weighted by molar-refractivity contribution is -0.0171. The molecule has 2 unspecified atom stereocenters. The summed E-state index contributed by atoms with van der Waals surface area (Å²) in [6.45, 7) is 9.00. The molecule has 0 aromatic heterocycles. The molecule has 13 heavy (non-hydrogen) atoms. The standard InChI is InChI=1S/C11H21NO/c1-11(2,3)12-6-8-4-5-9(7-12)10(8)13/h8-10,13H,4-7H2,1-3H3. The quantitative estimate of drug-likeness (QED) is 0.615. The third-order valence-electron chi connectivity index (χ3n) is 3.73. The van der Waals surface area contributed by atoms with Crippen molar-refractivity contribution in [3.63, 3.8) is 0 Å².